The average molecular weight is 292 g/mol. The Morgan fingerprint density at radius 3 is 2.32 bits per heavy atom. The predicted octanol–water partition coefficient (Wildman–Crippen LogP) is 3.69. The van der Waals surface area contributed by atoms with E-state index in [0.29, 0.717) is 13.1 Å². The number of carbonyl (C=O) groups excluding carboxylic acids is 1. The lowest BCUT2D eigenvalue weighted by molar-refractivity contribution is 0.202. The van der Waals surface area contributed by atoms with Crippen molar-refractivity contribution in [2.45, 2.75) is 13.0 Å². The van der Waals surface area contributed by atoms with E-state index in [1.807, 2.05) is 41.3 Å². The van der Waals surface area contributed by atoms with E-state index in [2.05, 4.69) is 35.7 Å². The summed E-state index contributed by atoms with van der Waals surface area (Å²) >= 11 is 0. The van der Waals surface area contributed by atoms with Gasteiger partial charge in [-0.3, -0.25) is 0 Å². The molecule has 1 N–H and O–H groups in total. The van der Waals surface area contributed by atoms with E-state index in [1.54, 1.807) is 0 Å². The van der Waals surface area contributed by atoms with Crippen molar-refractivity contribution in [1.29, 1.82) is 0 Å². The summed E-state index contributed by atoms with van der Waals surface area (Å²) in [5, 5.41) is 2.98. The van der Waals surface area contributed by atoms with E-state index in [-0.39, 0.29) is 6.03 Å². The van der Waals surface area contributed by atoms with Gasteiger partial charge in [0.15, 0.2) is 0 Å². The van der Waals surface area contributed by atoms with Gasteiger partial charge in [0, 0.05) is 19.6 Å². The Labute approximate surface area is 131 Å². The maximum atomic E-state index is 12.2. The first-order valence-electron chi connectivity index (χ1n) is 7.64. The highest BCUT2D eigenvalue weighted by Crippen LogP contribution is 2.21. The summed E-state index contributed by atoms with van der Waals surface area (Å²) in [4.78, 5) is 14.1. The van der Waals surface area contributed by atoms with Gasteiger partial charge >= 0.3 is 6.03 Å². The van der Waals surface area contributed by atoms with E-state index < -0.39 is 0 Å². The molecule has 0 spiro atoms. The largest absolute Gasteiger partial charge is 0.334 e. The standard InChI is InChI=1S/C19H20N2O/c22-19(20-15-16-7-3-1-4-8-16)21-13-11-18(12-14-21)17-9-5-2-6-10-17/h1-11H,12-15H2,(H,20,22). The Morgan fingerprint density at radius 2 is 1.68 bits per heavy atom. The van der Waals surface area contributed by atoms with Crippen molar-refractivity contribution >= 4 is 11.6 Å². The van der Waals surface area contributed by atoms with E-state index in [0.717, 1.165) is 18.5 Å². The molecule has 1 heterocycles. The zero-order valence-corrected chi connectivity index (χ0v) is 12.5. The smallest absolute Gasteiger partial charge is 0.317 e. The van der Waals surface area contributed by atoms with Crippen LogP contribution in [0, 0.1) is 0 Å². The van der Waals surface area contributed by atoms with Crippen LogP contribution in [0.5, 0.6) is 0 Å². The lowest BCUT2D eigenvalue weighted by Gasteiger charge is -2.27. The Bertz CT molecular complexity index is 650. The number of carbonyl (C=O) groups is 1. The molecule has 3 nitrogen and oxygen atoms in total. The topological polar surface area (TPSA) is 32.3 Å². The van der Waals surface area contributed by atoms with Crippen LogP contribution in [0.2, 0.25) is 0 Å². The van der Waals surface area contributed by atoms with Crippen LogP contribution in [-0.4, -0.2) is 24.0 Å². The summed E-state index contributed by atoms with van der Waals surface area (Å²) < 4.78 is 0. The van der Waals surface area contributed by atoms with Crippen molar-refractivity contribution < 1.29 is 4.79 Å². The molecule has 0 aromatic heterocycles. The summed E-state index contributed by atoms with van der Waals surface area (Å²) in [7, 11) is 0. The highest BCUT2D eigenvalue weighted by molar-refractivity contribution is 5.76. The van der Waals surface area contributed by atoms with Gasteiger partial charge in [-0.05, 0) is 23.1 Å². The first-order chi connectivity index (χ1) is 10.8. The minimum Gasteiger partial charge on any atom is -0.334 e. The van der Waals surface area contributed by atoms with Crippen LogP contribution in [0.1, 0.15) is 17.5 Å². The zero-order chi connectivity index (χ0) is 15.2. The van der Waals surface area contributed by atoms with Crippen molar-refractivity contribution in [3.63, 3.8) is 0 Å². The lowest BCUT2D eigenvalue weighted by Crippen LogP contribution is -2.41. The molecule has 1 aliphatic heterocycles. The fourth-order valence-corrected chi connectivity index (χ4v) is 2.65. The van der Waals surface area contributed by atoms with Crippen LogP contribution in [-0.2, 0) is 6.54 Å². The highest BCUT2D eigenvalue weighted by atomic mass is 16.2. The molecule has 0 fully saturated rings. The molecule has 0 aliphatic carbocycles. The quantitative estimate of drug-likeness (QED) is 0.919. The Morgan fingerprint density at radius 1 is 1.00 bits per heavy atom. The summed E-state index contributed by atoms with van der Waals surface area (Å²) in [6.45, 7) is 2.01. The molecule has 0 saturated carbocycles. The third kappa shape index (κ3) is 3.55. The van der Waals surface area contributed by atoms with Crippen LogP contribution < -0.4 is 5.32 Å². The number of hydrogen-bond acceptors (Lipinski definition) is 1. The summed E-state index contributed by atoms with van der Waals surface area (Å²) in [6, 6.07) is 20.4. The van der Waals surface area contributed by atoms with Crippen LogP contribution in [0.25, 0.3) is 5.57 Å². The number of nitrogens with zero attached hydrogens (tertiary/aromatic N) is 1. The number of urea groups is 1. The number of rotatable bonds is 3. The van der Waals surface area contributed by atoms with Crippen LogP contribution in [0.15, 0.2) is 66.7 Å². The Hall–Kier alpha value is -2.55. The maximum absolute atomic E-state index is 12.2. The molecule has 2 amide bonds. The van der Waals surface area contributed by atoms with Crippen LogP contribution >= 0.6 is 0 Å². The molecule has 3 heteroatoms. The van der Waals surface area contributed by atoms with Crippen LogP contribution in [0.3, 0.4) is 0 Å². The molecule has 112 valence electrons. The molecule has 2 aromatic rings. The predicted molar refractivity (Wildman–Crippen MR) is 89.3 cm³/mol. The van der Waals surface area contributed by atoms with Crippen molar-refractivity contribution in [3.8, 4) is 0 Å². The van der Waals surface area contributed by atoms with Gasteiger partial charge in [-0.1, -0.05) is 66.7 Å². The second-order valence-electron chi connectivity index (χ2n) is 5.44. The number of amides is 2. The minimum absolute atomic E-state index is 0.00668. The first kappa shape index (κ1) is 14.4. The molecule has 0 unspecified atom stereocenters. The van der Waals surface area contributed by atoms with E-state index in [9.17, 15) is 4.79 Å². The van der Waals surface area contributed by atoms with E-state index in [4.69, 9.17) is 0 Å². The first-order valence-corrected chi connectivity index (χ1v) is 7.64. The van der Waals surface area contributed by atoms with Gasteiger partial charge in [0.2, 0.25) is 0 Å². The molecule has 0 radical (unpaired) electrons. The van der Waals surface area contributed by atoms with Gasteiger partial charge in [0.05, 0.1) is 0 Å². The molecule has 0 bridgehead atoms. The minimum atomic E-state index is 0.00668. The Kier molecular flexibility index (Phi) is 4.54. The summed E-state index contributed by atoms with van der Waals surface area (Å²) in [5.41, 5.74) is 3.70. The van der Waals surface area contributed by atoms with Gasteiger partial charge in [-0.25, -0.2) is 4.79 Å². The lowest BCUT2D eigenvalue weighted by atomic mass is 10.00. The number of benzene rings is 2. The fourth-order valence-electron chi connectivity index (χ4n) is 2.65. The molecule has 0 atom stereocenters. The summed E-state index contributed by atoms with van der Waals surface area (Å²) in [6.07, 6.45) is 3.06. The molecular weight excluding hydrogens is 272 g/mol. The number of hydrogen-bond donors (Lipinski definition) is 1. The van der Waals surface area contributed by atoms with E-state index in [1.165, 1.54) is 11.1 Å². The van der Waals surface area contributed by atoms with Gasteiger partial charge in [-0.15, -0.1) is 0 Å². The fraction of sp³-hybridized carbons (Fsp3) is 0.211. The number of nitrogens with one attached hydrogen (secondary N) is 1. The van der Waals surface area contributed by atoms with Crippen molar-refractivity contribution in [2.75, 3.05) is 13.1 Å². The summed E-state index contributed by atoms with van der Waals surface area (Å²) in [5.74, 6) is 0. The second-order valence-corrected chi connectivity index (χ2v) is 5.44. The molecule has 2 aromatic carbocycles. The van der Waals surface area contributed by atoms with Gasteiger partial charge in [0.25, 0.3) is 0 Å². The maximum Gasteiger partial charge on any atom is 0.317 e. The van der Waals surface area contributed by atoms with Crippen LogP contribution in [0.4, 0.5) is 4.79 Å². The molecule has 22 heavy (non-hydrogen) atoms. The molecule has 0 saturated heterocycles. The van der Waals surface area contributed by atoms with Crippen molar-refractivity contribution in [3.05, 3.63) is 77.9 Å². The third-order valence-corrected chi connectivity index (χ3v) is 3.93. The zero-order valence-electron chi connectivity index (χ0n) is 12.5. The second kappa shape index (κ2) is 6.94. The van der Waals surface area contributed by atoms with Gasteiger partial charge < -0.3 is 10.2 Å². The SMILES string of the molecule is O=C(NCc1ccccc1)N1CC=C(c2ccccc2)CC1. The normalized spacial score (nSPS) is 14.4. The van der Waals surface area contributed by atoms with Gasteiger partial charge in [0.1, 0.15) is 0 Å². The molecule has 3 rings (SSSR count). The van der Waals surface area contributed by atoms with Crippen molar-refractivity contribution in [2.24, 2.45) is 0 Å². The molecular formula is C19H20N2O. The third-order valence-electron chi connectivity index (χ3n) is 3.93. The van der Waals surface area contributed by atoms with Crippen molar-refractivity contribution in [1.82, 2.24) is 10.2 Å². The highest BCUT2D eigenvalue weighted by Gasteiger charge is 2.17. The average Bonchev–Trinajstić information content (AvgIpc) is 2.61. The monoisotopic (exact) mass is 292 g/mol. The van der Waals surface area contributed by atoms with E-state index >= 15 is 0 Å². The Balaban J connectivity index is 1.54. The molecule has 1 aliphatic rings. The van der Waals surface area contributed by atoms with Gasteiger partial charge in [-0.2, -0.15) is 0 Å².